The van der Waals surface area contributed by atoms with E-state index in [1.807, 2.05) is 19.1 Å². The molecule has 1 atom stereocenters. The number of aliphatic carboxylic acids is 1. The fourth-order valence-electron chi connectivity index (χ4n) is 1.92. The van der Waals surface area contributed by atoms with Crippen LogP contribution in [0.15, 0.2) is 12.1 Å². The average Bonchev–Trinajstić information content (AvgIpc) is 3.11. The van der Waals surface area contributed by atoms with Gasteiger partial charge in [-0.15, -0.1) is 0 Å². The molecule has 1 aromatic rings. The second kappa shape index (κ2) is 5.80. The van der Waals surface area contributed by atoms with Crippen LogP contribution in [0.5, 0.6) is 5.75 Å². The molecule has 1 aliphatic carbocycles. The van der Waals surface area contributed by atoms with Gasteiger partial charge in [0, 0.05) is 6.42 Å². The molecular weight excluding hydrogens is 266 g/mol. The number of aryl methyl sites for hydroxylation is 1. The predicted molar refractivity (Wildman–Crippen MR) is 73.7 cm³/mol. The monoisotopic (exact) mass is 283 g/mol. The lowest BCUT2D eigenvalue weighted by molar-refractivity contribution is -0.138. The smallest absolute Gasteiger partial charge is 0.320 e. The van der Waals surface area contributed by atoms with Crippen LogP contribution in [0.4, 0.5) is 0 Å². The van der Waals surface area contributed by atoms with E-state index in [1.54, 1.807) is 0 Å². The number of hydrogen-bond acceptors (Lipinski definition) is 3. The first-order valence-electron chi connectivity index (χ1n) is 6.37. The van der Waals surface area contributed by atoms with E-state index in [4.69, 9.17) is 27.2 Å². The Morgan fingerprint density at radius 3 is 2.84 bits per heavy atom. The summed E-state index contributed by atoms with van der Waals surface area (Å²) >= 11 is 6.19. The molecule has 0 bridgehead atoms. The van der Waals surface area contributed by atoms with Crippen LogP contribution in [-0.2, 0) is 11.2 Å². The van der Waals surface area contributed by atoms with Gasteiger partial charge in [-0.2, -0.15) is 0 Å². The first kappa shape index (κ1) is 14.2. The molecule has 0 spiro atoms. The van der Waals surface area contributed by atoms with Gasteiger partial charge in [0.05, 0.1) is 11.6 Å². The van der Waals surface area contributed by atoms with E-state index >= 15 is 0 Å². The molecule has 104 valence electrons. The van der Waals surface area contributed by atoms with Gasteiger partial charge < -0.3 is 15.6 Å². The van der Waals surface area contributed by atoms with Gasteiger partial charge in [0.1, 0.15) is 11.8 Å². The van der Waals surface area contributed by atoms with Crippen LogP contribution in [0.2, 0.25) is 5.02 Å². The van der Waals surface area contributed by atoms with Gasteiger partial charge in [0.15, 0.2) is 0 Å². The van der Waals surface area contributed by atoms with E-state index in [0.717, 1.165) is 11.1 Å². The molecule has 2 rings (SSSR count). The van der Waals surface area contributed by atoms with Crippen molar-refractivity contribution >= 4 is 17.6 Å². The van der Waals surface area contributed by atoms with Crippen LogP contribution in [0, 0.1) is 12.8 Å². The lowest BCUT2D eigenvalue weighted by atomic mass is 10.0. The summed E-state index contributed by atoms with van der Waals surface area (Å²) in [5.41, 5.74) is 7.32. The largest absolute Gasteiger partial charge is 0.491 e. The minimum absolute atomic E-state index is 0.219. The normalized spacial score (nSPS) is 16.2. The molecule has 0 radical (unpaired) electrons. The first-order valence-corrected chi connectivity index (χ1v) is 6.75. The maximum atomic E-state index is 10.9. The number of carboxylic acid groups (broad SMARTS) is 1. The Balaban J connectivity index is 2.19. The topological polar surface area (TPSA) is 72.5 Å². The van der Waals surface area contributed by atoms with E-state index in [1.165, 1.54) is 12.8 Å². The summed E-state index contributed by atoms with van der Waals surface area (Å²) < 4.78 is 5.75. The fourth-order valence-corrected chi connectivity index (χ4v) is 2.27. The number of nitrogens with two attached hydrogens (primary N) is 1. The van der Waals surface area contributed by atoms with Crippen LogP contribution < -0.4 is 10.5 Å². The third kappa shape index (κ3) is 3.85. The summed E-state index contributed by atoms with van der Waals surface area (Å²) in [5, 5.41) is 9.42. The third-order valence-corrected chi connectivity index (χ3v) is 3.46. The Hall–Kier alpha value is -1.26. The minimum Gasteiger partial charge on any atom is -0.491 e. The summed E-state index contributed by atoms with van der Waals surface area (Å²) in [4.78, 5) is 10.9. The van der Waals surface area contributed by atoms with Crippen molar-refractivity contribution in [3.8, 4) is 5.75 Å². The van der Waals surface area contributed by atoms with Gasteiger partial charge >= 0.3 is 5.97 Å². The van der Waals surface area contributed by atoms with Crippen LogP contribution in [0.25, 0.3) is 0 Å². The van der Waals surface area contributed by atoms with E-state index in [0.29, 0.717) is 23.3 Å². The molecule has 5 heteroatoms. The van der Waals surface area contributed by atoms with Crippen molar-refractivity contribution in [3.63, 3.8) is 0 Å². The van der Waals surface area contributed by atoms with Crippen molar-refractivity contribution in [2.45, 2.75) is 32.2 Å². The van der Waals surface area contributed by atoms with Crippen molar-refractivity contribution < 1.29 is 14.6 Å². The van der Waals surface area contributed by atoms with E-state index < -0.39 is 12.0 Å². The molecule has 0 amide bonds. The van der Waals surface area contributed by atoms with E-state index in [2.05, 4.69) is 0 Å². The average molecular weight is 284 g/mol. The Morgan fingerprint density at radius 1 is 1.58 bits per heavy atom. The van der Waals surface area contributed by atoms with Crippen LogP contribution in [-0.4, -0.2) is 23.7 Å². The van der Waals surface area contributed by atoms with Crippen LogP contribution in [0.3, 0.4) is 0 Å². The lowest BCUT2D eigenvalue weighted by Crippen LogP contribution is -2.32. The van der Waals surface area contributed by atoms with Gasteiger partial charge in [-0.05, 0) is 42.9 Å². The predicted octanol–water partition coefficient (Wildman–Crippen LogP) is 2.39. The second-order valence-electron chi connectivity index (χ2n) is 5.14. The number of benzene rings is 1. The number of carbonyl (C=O) groups is 1. The zero-order chi connectivity index (χ0) is 14.0. The van der Waals surface area contributed by atoms with Crippen molar-refractivity contribution in [2.75, 3.05) is 6.61 Å². The summed E-state index contributed by atoms with van der Waals surface area (Å²) in [6.07, 6.45) is 2.59. The molecule has 0 aliphatic heterocycles. The zero-order valence-electron chi connectivity index (χ0n) is 10.9. The summed E-state index contributed by atoms with van der Waals surface area (Å²) in [5.74, 6) is 0.167. The van der Waals surface area contributed by atoms with Gasteiger partial charge in [-0.1, -0.05) is 17.7 Å². The van der Waals surface area contributed by atoms with E-state index in [-0.39, 0.29) is 6.42 Å². The van der Waals surface area contributed by atoms with Crippen LogP contribution in [0.1, 0.15) is 24.0 Å². The number of ether oxygens (including phenoxy) is 1. The highest BCUT2D eigenvalue weighted by Gasteiger charge is 2.24. The van der Waals surface area contributed by atoms with Crippen molar-refractivity contribution in [2.24, 2.45) is 11.7 Å². The Labute approximate surface area is 117 Å². The number of rotatable bonds is 6. The van der Waals surface area contributed by atoms with Gasteiger partial charge in [0.25, 0.3) is 0 Å². The number of carboxylic acids is 1. The summed E-state index contributed by atoms with van der Waals surface area (Å²) in [6, 6.07) is 2.76. The van der Waals surface area contributed by atoms with Gasteiger partial charge in [-0.25, -0.2) is 0 Å². The maximum Gasteiger partial charge on any atom is 0.320 e. The highest BCUT2D eigenvalue weighted by molar-refractivity contribution is 6.32. The van der Waals surface area contributed by atoms with Gasteiger partial charge in [-0.3, -0.25) is 4.79 Å². The molecule has 0 saturated heterocycles. The molecule has 1 fully saturated rings. The molecule has 3 N–H and O–H groups in total. The fraction of sp³-hybridized carbons (Fsp3) is 0.500. The molecule has 0 heterocycles. The number of halogens is 1. The standard InChI is InChI=1S/C14H18ClNO3/c1-8-4-10(6-12(16)14(17)18)13(11(15)5-8)19-7-9-2-3-9/h4-5,9,12H,2-3,6-7,16H2,1H3,(H,17,18). The maximum absolute atomic E-state index is 10.9. The molecular formula is C14H18ClNO3. The van der Waals surface area contributed by atoms with Crippen molar-refractivity contribution in [1.29, 1.82) is 0 Å². The second-order valence-corrected chi connectivity index (χ2v) is 5.55. The Bertz CT molecular complexity index is 486. The Morgan fingerprint density at radius 2 is 2.26 bits per heavy atom. The van der Waals surface area contributed by atoms with Crippen molar-refractivity contribution in [1.82, 2.24) is 0 Å². The Kier molecular flexibility index (Phi) is 4.32. The SMILES string of the molecule is Cc1cc(Cl)c(OCC2CC2)c(CC(N)C(=O)O)c1. The first-order chi connectivity index (χ1) is 8.97. The summed E-state index contributed by atoms with van der Waals surface area (Å²) in [6.45, 7) is 2.55. The zero-order valence-corrected chi connectivity index (χ0v) is 11.6. The molecule has 1 unspecified atom stereocenters. The third-order valence-electron chi connectivity index (χ3n) is 3.18. The van der Waals surface area contributed by atoms with Crippen LogP contribution >= 0.6 is 11.6 Å². The molecule has 19 heavy (non-hydrogen) atoms. The minimum atomic E-state index is -1.02. The highest BCUT2D eigenvalue weighted by Crippen LogP contribution is 2.35. The molecule has 1 saturated carbocycles. The summed E-state index contributed by atoms with van der Waals surface area (Å²) in [7, 11) is 0. The van der Waals surface area contributed by atoms with E-state index in [9.17, 15) is 4.79 Å². The van der Waals surface area contributed by atoms with Crippen molar-refractivity contribution in [3.05, 3.63) is 28.3 Å². The molecule has 1 aromatic carbocycles. The molecule has 0 aromatic heterocycles. The highest BCUT2D eigenvalue weighted by atomic mass is 35.5. The molecule has 4 nitrogen and oxygen atoms in total. The lowest BCUT2D eigenvalue weighted by Gasteiger charge is -2.15. The van der Waals surface area contributed by atoms with Gasteiger partial charge in [0.2, 0.25) is 0 Å². The number of hydrogen-bond donors (Lipinski definition) is 2. The quantitative estimate of drug-likeness (QED) is 0.841. The molecule has 1 aliphatic rings.